The van der Waals surface area contributed by atoms with Crippen molar-refractivity contribution in [1.82, 2.24) is 4.98 Å². The molecule has 0 spiro atoms. The van der Waals surface area contributed by atoms with Crippen LogP contribution in [0.5, 0.6) is 0 Å². The number of aryl methyl sites for hydroxylation is 1. The molecule has 1 fully saturated rings. The number of nitrogens with zero attached hydrogens (tertiary/aromatic N) is 2. The number of anilines is 1. The molecule has 2 aromatic carbocycles. The van der Waals surface area contributed by atoms with E-state index in [9.17, 15) is 13.2 Å². The second-order valence-electron chi connectivity index (χ2n) is 7.39. The zero-order chi connectivity index (χ0) is 21.5. The van der Waals surface area contributed by atoms with E-state index in [1.54, 1.807) is 4.90 Å². The first-order valence-corrected chi connectivity index (χ1v) is 12.6. The Morgan fingerprint density at radius 1 is 1.27 bits per heavy atom. The molecule has 1 aliphatic heterocycles. The van der Waals surface area contributed by atoms with E-state index in [0.29, 0.717) is 28.9 Å². The third kappa shape index (κ3) is 4.23. The molecule has 1 atom stereocenters. The van der Waals surface area contributed by atoms with E-state index < -0.39 is 9.84 Å². The molecule has 1 amide bonds. The van der Waals surface area contributed by atoms with E-state index in [0.717, 1.165) is 34.9 Å². The van der Waals surface area contributed by atoms with Crippen LogP contribution in [0, 0.1) is 6.92 Å². The first-order valence-electron chi connectivity index (χ1n) is 9.53. The number of aromatic nitrogens is 1. The van der Waals surface area contributed by atoms with E-state index in [1.807, 2.05) is 19.1 Å². The highest BCUT2D eigenvalue weighted by molar-refractivity contribution is 7.90. The second kappa shape index (κ2) is 8.26. The Labute approximate surface area is 184 Å². The van der Waals surface area contributed by atoms with Gasteiger partial charge in [0.15, 0.2) is 15.0 Å². The lowest BCUT2D eigenvalue weighted by Crippen LogP contribution is -2.37. The van der Waals surface area contributed by atoms with Crippen molar-refractivity contribution in [2.45, 2.75) is 30.8 Å². The van der Waals surface area contributed by atoms with E-state index >= 15 is 0 Å². The van der Waals surface area contributed by atoms with Crippen LogP contribution in [0.4, 0.5) is 5.13 Å². The maximum absolute atomic E-state index is 13.4. The molecular weight excluding hydrogens is 444 g/mol. The number of amides is 1. The van der Waals surface area contributed by atoms with Crippen molar-refractivity contribution < 1.29 is 17.9 Å². The van der Waals surface area contributed by atoms with Crippen molar-refractivity contribution in [3.8, 4) is 0 Å². The summed E-state index contributed by atoms with van der Waals surface area (Å²) < 4.78 is 30.1. The van der Waals surface area contributed by atoms with E-state index in [2.05, 4.69) is 0 Å². The van der Waals surface area contributed by atoms with Crippen molar-refractivity contribution in [1.29, 1.82) is 0 Å². The fourth-order valence-corrected chi connectivity index (χ4v) is 5.40. The van der Waals surface area contributed by atoms with Crippen molar-refractivity contribution in [3.05, 3.63) is 52.5 Å². The average molecular weight is 465 g/mol. The number of benzene rings is 2. The Morgan fingerprint density at radius 3 is 2.60 bits per heavy atom. The summed E-state index contributed by atoms with van der Waals surface area (Å²) in [5, 5.41) is 1.15. The lowest BCUT2D eigenvalue weighted by atomic mass is 10.2. The summed E-state index contributed by atoms with van der Waals surface area (Å²) in [6, 6.07) is 9.71. The average Bonchev–Trinajstić information content (AvgIpc) is 3.38. The number of fused-ring (bicyclic) bond motifs is 1. The molecule has 4 rings (SSSR count). The van der Waals surface area contributed by atoms with Gasteiger partial charge in [-0.2, -0.15) is 0 Å². The lowest BCUT2D eigenvalue weighted by molar-refractivity contribution is 0.0917. The van der Waals surface area contributed by atoms with Crippen molar-refractivity contribution in [2.24, 2.45) is 0 Å². The molecule has 1 saturated heterocycles. The Kier molecular flexibility index (Phi) is 5.85. The number of sulfone groups is 1. The maximum Gasteiger partial charge on any atom is 0.260 e. The number of ether oxygens (including phenoxy) is 1. The van der Waals surface area contributed by atoms with Crippen LogP contribution in [0.25, 0.3) is 10.2 Å². The minimum Gasteiger partial charge on any atom is -0.376 e. The second-order valence-corrected chi connectivity index (χ2v) is 10.8. The number of carbonyl (C=O) groups is 1. The van der Waals surface area contributed by atoms with E-state index in [-0.39, 0.29) is 16.9 Å². The molecule has 1 aliphatic rings. The highest BCUT2D eigenvalue weighted by Crippen LogP contribution is 2.36. The summed E-state index contributed by atoms with van der Waals surface area (Å²) in [5.74, 6) is -0.251. The third-order valence-corrected chi connectivity index (χ3v) is 7.77. The summed E-state index contributed by atoms with van der Waals surface area (Å²) >= 11 is 7.73. The van der Waals surface area contributed by atoms with Crippen LogP contribution < -0.4 is 4.90 Å². The quantitative estimate of drug-likeness (QED) is 0.556. The number of thiazole rings is 1. The van der Waals surface area contributed by atoms with Gasteiger partial charge in [-0.05, 0) is 55.7 Å². The normalized spacial score (nSPS) is 16.8. The van der Waals surface area contributed by atoms with Crippen molar-refractivity contribution in [2.75, 3.05) is 24.3 Å². The smallest absolute Gasteiger partial charge is 0.260 e. The fraction of sp³-hybridized carbons (Fsp3) is 0.333. The highest BCUT2D eigenvalue weighted by atomic mass is 35.5. The van der Waals surface area contributed by atoms with Crippen LogP contribution in [-0.4, -0.2) is 44.8 Å². The van der Waals surface area contributed by atoms with Gasteiger partial charge in [0.25, 0.3) is 5.91 Å². The minimum atomic E-state index is -3.33. The van der Waals surface area contributed by atoms with Gasteiger partial charge < -0.3 is 4.74 Å². The topological polar surface area (TPSA) is 76.6 Å². The molecule has 9 heteroatoms. The summed E-state index contributed by atoms with van der Waals surface area (Å²) in [5.41, 5.74) is 2.15. The van der Waals surface area contributed by atoms with Gasteiger partial charge in [-0.25, -0.2) is 13.4 Å². The van der Waals surface area contributed by atoms with E-state index in [1.165, 1.54) is 35.6 Å². The molecule has 0 radical (unpaired) electrons. The molecule has 3 aromatic rings. The zero-order valence-electron chi connectivity index (χ0n) is 16.6. The first-order chi connectivity index (χ1) is 14.2. The van der Waals surface area contributed by atoms with Gasteiger partial charge in [0.05, 0.1) is 32.8 Å². The van der Waals surface area contributed by atoms with Crippen molar-refractivity contribution >= 4 is 54.0 Å². The number of hydrogen-bond donors (Lipinski definition) is 0. The van der Waals surface area contributed by atoms with Crippen LogP contribution in [-0.2, 0) is 14.6 Å². The standard InChI is InChI=1S/C21H21ClN2O4S2/c1-13-5-10-17(22)19-18(13)23-21(29-19)24(12-15-4-3-11-28-15)20(25)14-6-8-16(9-7-14)30(2,26)27/h5-10,15H,3-4,11-12H2,1-2H3. The van der Waals surface area contributed by atoms with Crippen LogP contribution in [0.2, 0.25) is 5.02 Å². The van der Waals surface area contributed by atoms with Crippen LogP contribution in [0.15, 0.2) is 41.3 Å². The number of carbonyl (C=O) groups excluding carboxylic acids is 1. The Hall–Kier alpha value is -2.00. The fourth-order valence-electron chi connectivity index (χ4n) is 3.45. The summed E-state index contributed by atoms with van der Waals surface area (Å²) in [6.07, 6.45) is 2.91. The molecule has 0 aliphatic carbocycles. The summed E-state index contributed by atoms with van der Waals surface area (Å²) in [4.78, 5) is 19.9. The van der Waals surface area contributed by atoms with Gasteiger partial charge in [0, 0.05) is 18.4 Å². The predicted molar refractivity (Wildman–Crippen MR) is 120 cm³/mol. The van der Waals surface area contributed by atoms with Gasteiger partial charge in [0.2, 0.25) is 0 Å². The molecule has 30 heavy (non-hydrogen) atoms. The molecule has 158 valence electrons. The number of hydrogen-bond acceptors (Lipinski definition) is 6. The van der Waals surface area contributed by atoms with Gasteiger partial charge in [0.1, 0.15) is 0 Å². The lowest BCUT2D eigenvalue weighted by Gasteiger charge is -2.23. The zero-order valence-corrected chi connectivity index (χ0v) is 19.0. The van der Waals surface area contributed by atoms with Gasteiger partial charge in [-0.3, -0.25) is 9.69 Å². The third-order valence-electron chi connectivity index (χ3n) is 5.10. The van der Waals surface area contributed by atoms with E-state index in [4.69, 9.17) is 21.3 Å². The molecular formula is C21H21ClN2O4S2. The SMILES string of the molecule is Cc1ccc(Cl)c2sc(N(CC3CCCO3)C(=O)c3ccc(S(C)(=O)=O)cc3)nc12. The molecule has 2 heterocycles. The molecule has 6 nitrogen and oxygen atoms in total. The Balaban J connectivity index is 1.73. The van der Waals surface area contributed by atoms with Crippen LogP contribution in [0.3, 0.4) is 0 Å². The summed E-state index contributed by atoms with van der Waals surface area (Å²) in [6.45, 7) is 3.02. The van der Waals surface area contributed by atoms with Crippen LogP contribution >= 0.6 is 22.9 Å². The molecule has 0 bridgehead atoms. The van der Waals surface area contributed by atoms with Gasteiger partial charge >= 0.3 is 0 Å². The monoisotopic (exact) mass is 464 g/mol. The largest absolute Gasteiger partial charge is 0.376 e. The number of halogens is 1. The van der Waals surface area contributed by atoms with Gasteiger partial charge in [-0.1, -0.05) is 29.0 Å². The Bertz CT molecular complexity index is 1160. The molecule has 1 aromatic heterocycles. The molecule has 0 saturated carbocycles. The Morgan fingerprint density at radius 2 is 2.00 bits per heavy atom. The maximum atomic E-state index is 13.4. The van der Waals surface area contributed by atoms with Gasteiger partial charge in [-0.15, -0.1) is 0 Å². The van der Waals surface area contributed by atoms with Crippen LogP contribution in [0.1, 0.15) is 28.8 Å². The predicted octanol–water partition coefficient (Wildman–Crippen LogP) is 4.49. The minimum absolute atomic E-state index is 0.0622. The first kappa shape index (κ1) is 21.2. The van der Waals surface area contributed by atoms with Crippen molar-refractivity contribution in [3.63, 3.8) is 0 Å². The summed E-state index contributed by atoms with van der Waals surface area (Å²) in [7, 11) is -3.33. The molecule has 1 unspecified atom stereocenters. The number of rotatable bonds is 5. The molecule has 0 N–H and O–H groups in total. The highest BCUT2D eigenvalue weighted by Gasteiger charge is 2.27.